The van der Waals surface area contributed by atoms with Gasteiger partial charge in [0.15, 0.2) is 0 Å². The molecule has 4 heteroatoms. The number of fused-ring (bicyclic) bond motifs is 3. The van der Waals surface area contributed by atoms with Crippen LogP contribution in [0.1, 0.15) is 26.7 Å². The first-order valence-electron chi connectivity index (χ1n) is 6.79. The highest BCUT2D eigenvalue weighted by Crippen LogP contribution is 2.27. The van der Waals surface area contributed by atoms with Gasteiger partial charge in [-0.3, -0.25) is 4.79 Å². The Kier molecular flexibility index (Phi) is 4.05. The van der Waals surface area contributed by atoms with Crippen LogP contribution in [0.15, 0.2) is 0 Å². The van der Waals surface area contributed by atoms with Crippen LogP contribution in [-0.2, 0) is 4.79 Å². The summed E-state index contributed by atoms with van der Waals surface area (Å²) in [7, 11) is 1.88. The number of likely N-dealkylation sites (N-methyl/N-ethyl adjacent to an activating group) is 1. The minimum Gasteiger partial charge on any atom is -0.342 e. The van der Waals surface area contributed by atoms with Crippen molar-refractivity contribution in [3.05, 3.63) is 0 Å². The van der Waals surface area contributed by atoms with Crippen molar-refractivity contribution in [2.45, 2.75) is 38.8 Å². The lowest BCUT2D eigenvalue weighted by atomic mass is 9.84. The number of hydrogen-bond acceptors (Lipinski definition) is 3. The zero-order chi connectivity index (χ0) is 12.4. The smallest absolute Gasteiger partial charge is 0.236 e. The van der Waals surface area contributed by atoms with Crippen molar-refractivity contribution >= 4 is 5.91 Å². The number of amides is 1. The largest absolute Gasteiger partial charge is 0.342 e. The summed E-state index contributed by atoms with van der Waals surface area (Å²) in [6.45, 7) is 8.22. The van der Waals surface area contributed by atoms with Crippen LogP contribution in [0.5, 0.6) is 0 Å². The van der Waals surface area contributed by atoms with Crippen LogP contribution in [0, 0.1) is 5.92 Å². The lowest BCUT2D eigenvalue weighted by Gasteiger charge is -2.45. The molecule has 0 aromatic carbocycles. The van der Waals surface area contributed by atoms with Crippen LogP contribution in [0.25, 0.3) is 0 Å². The molecule has 0 aromatic rings. The minimum absolute atomic E-state index is 0.205. The number of nitrogens with zero attached hydrogens (tertiary/aromatic N) is 2. The van der Waals surface area contributed by atoms with Crippen LogP contribution in [0.2, 0.25) is 0 Å². The average Bonchev–Trinajstić information content (AvgIpc) is 2.36. The highest BCUT2D eigenvalue weighted by Gasteiger charge is 2.33. The van der Waals surface area contributed by atoms with Crippen LogP contribution in [0.4, 0.5) is 0 Å². The Balaban J connectivity index is 1.77. The summed E-state index contributed by atoms with van der Waals surface area (Å²) in [6, 6.07) is 0.817. The topological polar surface area (TPSA) is 35.6 Å². The Hall–Kier alpha value is -0.610. The van der Waals surface area contributed by atoms with Gasteiger partial charge in [0, 0.05) is 25.7 Å². The van der Waals surface area contributed by atoms with Gasteiger partial charge in [0.1, 0.15) is 0 Å². The molecule has 98 valence electrons. The Bertz CT molecular complexity index is 272. The Morgan fingerprint density at radius 3 is 2.53 bits per heavy atom. The fourth-order valence-electron chi connectivity index (χ4n) is 2.83. The zero-order valence-electron chi connectivity index (χ0n) is 11.3. The number of carbonyl (C=O) groups excluding carboxylic acids is 1. The predicted molar refractivity (Wildman–Crippen MR) is 68.9 cm³/mol. The molecule has 3 heterocycles. The summed E-state index contributed by atoms with van der Waals surface area (Å²) in [4.78, 5) is 16.2. The van der Waals surface area contributed by atoms with Gasteiger partial charge in [0.2, 0.25) is 5.91 Å². The second-order valence-corrected chi connectivity index (χ2v) is 5.72. The maximum Gasteiger partial charge on any atom is 0.236 e. The maximum atomic E-state index is 11.9. The molecule has 0 radical (unpaired) electrons. The highest BCUT2D eigenvalue weighted by molar-refractivity contribution is 5.78. The van der Waals surface area contributed by atoms with E-state index in [1.165, 1.54) is 25.9 Å². The zero-order valence-corrected chi connectivity index (χ0v) is 11.3. The Morgan fingerprint density at radius 2 is 2.06 bits per heavy atom. The van der Waals surface area contributed by atoms with E-state index in [4.69, 9.17) is 0 Å². The van der Waals surface area contributed by atoms with Crippen molar-refractivity contribution in [2.24, 2.45) is 5.92 Å². The van der Waals surface area contributed by atoms with E-state index in [0.29, 0.717) is 12.6 Å². The molecule has 1 atom stereocenters. The minimum atomic E-state index is 0.205. The van der Waals surface area contributed by atoms with Crippen molar-refractivity contribution < 1.29 is 4.79 Å². The van der Waals surface area contributed by atoms with Gasteiger partial charge >= 0.3 is 0 Å². The van der Waals surface area contributed by atoms with Gasteiger partial charge in [-0.25, -0.2) is 0 Å². The van der Waals surface area contributed by atoms with E-state index < -0.39 is 0 Å². The van der Waals surface area contributed by atoms with Crippen LogP contribution >= 0.6 is 0 Å². The lowest BCUT2D eigenvalue weighted by Crippen LogP contribution is -2.57. The van der Waals surface area contributed by atoms with Gasteiger partial charge in [0.05, 0.1) is 6.54 Å². The molecule has 0 aliphatic carbocycles. The van der Waals surface area contributed by atoms with Crippen molar-refractivity contribution in [3.8, 4) is 0 Å². The number of hydrogen-bond donors (Lipinski definition) is 1. The van der Waals surface area contributed by atoms with Crippen molar-refractivity contribution in [2.75, 3.05) is 33.2 Å². The molecule has 1 amide bonds. The summed E-state index contributed by atoms with van der Waals surface area (Å²) in [6.07, 6.45) is 2.59. The fourth-order valence-corrected chi connectivity index (χ4v) is 2.83. The van der Waals surface area contributed by atoms with Crippen LogP contribution < -0.4 is 5.32 Å². The third-order valence-corrected chi connectivity index (χ3v) is 4.34. The van der Waals surface area contributed by atoms with Gasteiger partial charge in [-0.1, -0.05) is 0 Å². The van der Waals surface area contributed by atoms with Gasteiger partial charge in [-0.2, -0.15) is 0 Å². The molecule has 3 rings (SSSR count). The Labute approximate surface area is 104 Å². The van der Waals surface area contributed by atoms with Crippen molar-refractivity contribution in [1.82, 2.24) is 15.1 Å². The summed E-state index contributed by atoms with van der Waals surface area (Å²) in [5.41, 5.74) is 0. The fraction of sp³-hybridized carbons (Fsp3) is 0.923. The van der Waals surface area contributed by atoms with Crippen molar-refractivity contribution in [3.63, 3.8) is 0 Å². The molecular weight excluding hydrogens is 214 g/mol. The quantitative estimate of drug-likeness (QED) is 0.777. The van der Waals surface area contributed by atoms with Crippen molar-refractivity contribution in [1.29, 1.82) is 0 Å². The first-order valence-corrected chi connectivity index (χ1v) is 6.79. The first-order chi connectivity index (χ1) is 8.08. The number of piperidine rings is 3. The van der Waals surface area contributed by atoms with E-state index in [1.54, 1.807) is 0 Å². The standard InChI is InChI=1S/C13H25N3O/c1-10(2)15(3)13(17)8-14-12-9-16-6-4-11(12)5-7-16/h10-12,14H,4-9H2,1-3H3. The summed E-state index contributed by atoms with van der Waals surface area (Å²) >= 11 is 0. The highest BCUT2D eigenvalue weighted by atomic mass is 16.2. The molecule has 3 aliphatic rings. The lowest BCUT2D eigenvalue weighted by molar-refractivity contribution is -0.130. The second-order valence-electron chi connectivity index (χ2n) is 5.72. The maximum absolute atomic E-state index is 11.9. The molecular formula is C13H25N3O. The normalized spacial score (nSPS) is 31.9. The van der Waals surface area contributed by atoms with E-state index in [-0.39, 0.29) is 11.9 Å². The van der Waals surface area contributed by atoms with E-state index >= 15 is 0 Å². The van der Waals surface area contributed by atoms with Crippen LogP contribution in [0.3, 0.4) is 0 Å². The van der Waals surface area contributed by atoms with Gasteiger partial charge < -0.3 is 15.1 Å². The summed E-state index contributed by atoms with van der Waals surface area (Å²) in [5, 5.41) is 3.46. The molecule has 0 aromatic heterocycles. The second kappa shape index (κ2) is 5.36. The first kappa shape index (κ1) is 12.8. The van der Waals surface area contributed by atoms with Gasteiger partial charge in [0.25, 0.3) is 0 Å². The molecule has 3 fully saturated rings. The monoisotopic (exact) mass is 239 g/mol. The molecule has 1 unspecified atom stereocenters. The molecule has 3 aliphatic heterocycles. The molecule has 17 heavy (non-hydrogen) atoms. The van der Waals surface area contributed by atoms with E-state index in [0.717, 1.165) is 12.5 Å². The van der Waals surface area contributed by atoms with Crippen LogP contribution in [-0.4, -0.2) is 61.0 Å². The number of nitrogens with one attached hydrogen (secondary N) is 1. The predicted octanol–water partition coefficient (Wildman–Crippen LogP) is 0.537. The molecule has 3 saturated heterocycles. The molecule has 2 bridgehead atoms. The van der Waals surface area contributed by atoms with E-state index in [2.05, 4.69) is 10.2 Å². The Morgan fingerprint density at radius 1 is 1.41 bits per heavy atom. The number of rotatable bonds is 4. The average molecular weight is 239 g/mol. The van der Waals surface area contributed by atoms with Gasteiger partial charge in [-0.05, 0) is 45.7 Å². The SMILES string of the molecule is CC(C)N(C)C(=O)CNC1CN2CCC1CC2. The van der Waals surface area contributed by atoms with Gasteiger partial charge in [-0.15, -0.1) is 0 Å². The third-order valence-electron chi connectivity index (χ3n) is 4.34. The number of carbonyl (C=O) groups is 1. The molecule has 4 nitrogen and oxygen atoms in total. The molecule has 0 spiro atoms. The summed E-state index contributed by atoms with van der Waals surface area (Å²) < 4.78 is 0. The summed E-state index contributed by atoms with van der Waals surface area (Å²) in [5.74, 6) is 0.994. The van der Waals surface area contributed by atoms with E-state index in [1.807, 2.05) is 25.8 Å². The van der Waals surface area contributed by atoms with E-state index in [9.17, 15) is 4.79 Å². The molecule has 1 N–H and O–H groups in total. The third kappa shape index (κ3) is 2.99. The molecule has 0 saturated carbocycles.